The van der Waals surface area contributed by atoms with Gasteiger partial charge in [-0.3, -0.25) is 14.5 Å². The Labute approximate surface area is 113 Å². The highest BCUT2D eigenvalue weighted by atomic mass is 16.2. The molecular weight excluding hydrogens is 246 g/mol. The zero-order chi connectivity index (χ0) is 14.0. The fraction of sp³-hybridized carbons (Fsp3) is 0.769. The van der Waals surface area contributed by atoms with Gasteiger partial charge in [0.25, 0.3) is 5.91 Å². The van der Waals surface area contributed by atoms with E-state index in [0.29, 0.717) is 32.4 Å². The van der Waals surface area contributed by atoms with Crippen LogP contribution in [0.2, 0.25) is 0 Å². The lowest BCUT2D eigenvalue weighted by atomic mass is 9.87. The molecule has 6 heteroatoms. The second-order valence-electron chi connectivity index (χ2n) is 5.36. The third kappa shape index (κ3) is 2.43. The van der Waals surface area contributed by atoms with Gasteiger partial charge >= 0.3 is 6.03 Å². The van der Waals surface area contributed by atoms with Crippen LogP contribution in [0, 0.1) is 0 Å². The summed E-state index contributed by atoms with van der Waals surface area (Å²) in [6.45, 7) is 3.14. The molecule has 0 radical (unpaired) electrons. The molecule has 0 aromatic rings. The third-order valence-electron chi connectivity index (χ3n) is 4.08. The van der Waals surface area contributed by atoms with Crippen molar-refractivity contribution >= 4 is 17.8 Å². The van der Waals surface area contributed by atoms with E-state index in [1.807, 2.05) is 0 Å². The second kappa shape index (κ2) is 5.19. The van der Waals surface area contributed by atoms with Crippen LogP contribution in [0.4, 0.5) is 4.79 Å². The Morgan fingerprint density at radius 2 is 1.95 bits per heavy atom. The minimum atomic E-state index is -0.770. The van der Waals surface area contributed by atoms with Crippen LogP contribution in [-0.2, 0) is 9.59 Å². The fourth-order valence-corrected chi connectivity index (χ4v) is 2.72. The van der Waals surface area contributed by atoms with Gasteiger partial charge in [-0.15, -0.1) is 0 Å². The van der Waals surface area contributed by atoms with E-state index in [-0.39, 0.29) is 17.8 Å². The van der Waals surface area contributed by atoms with Crippen LogP contribution in [0.1, 0.15) is 39.0 Å². The van der Waals surface area contributed by atoms with Gasteiger partial charge in [-0.2, -0.15) is 0 Å². The minimum absolute atomic E-state index is 0.154. The molecule has 19 heavy (non-hydrogen) atoms. The van der Waals surface area contributed by atoms with Gasteiger partial charge in [-0.25, -0.2) is 4.79 Å². The molecule has 6 nitrogen and oxygen atoms in total. The van der Waals surface area contributed by atoms with Crippen molar-refractivity contribution in [2.75, 3.05) is 20.1 Å². The molecule has 2 heterocycles. The summed E-state index contributed by atoms with van der Waals surface area (Å²) in [4.78, 5) is 38.5. The number of carbonyl (C=O) groups is 3. The number of urea groups is 1. The van der Waals surface area contributed by atoms with Gasteiger partial charge in [0.1, 0.15) is 5.54 Å². The molecule has 0 aromatic heterocycles. The number of piperidine rings is 1. The fourth-order valence-electron chi connectivity index (χ4n) is 2.72. The minimum Gasteiger partial charge on any atom is -0.342 e. The molecule has 2 rings (SSSR count). The van der Waals surface area contributed by atoms with E-state index < -0.39 is 5.54 Å². The molecule has 2 fully saturated rings. The van der Waals surface area contributed by atoms with Gasteiger partial charge < -0.3 is 10.2 Å². The first-order chi connectivity index (χ1) is 9.00. The van der Waals surface area contributed by atoms with Crippen molar-refractivity contribution in [2.45, 2.75) is 44.6 Å². The Bertz CT molecular complexity index is 400. The van der Waals surface area contributed by atoms with Crippen molar-refractivity contribution in [3.8, 4) is 0 Å². The monoisotopic (exact) mass is 267 g/mol. The van der Waals surface area contributed by atoms with Crippen molar-refractivity contribution in [1.82, 2.24) is 15.1 Å². The maximum Gasteiger partial charge on any atom is 0.324 e. The number of carbonyl (C=O) groups excluding carboxylic acids is 3. The summed E-state index contributed by atoms with van der Waals surface area (Å²) in [5.41, 5.74) is -0.770. The average molecular weight is 267 g/mol. The third-order valence-corrected chi connectivity index (χ3v) is 4.08. The highest BCUT2D eigenvalue weighted by molar-refractivity contribution is 6.06. The van der Waals surface area contributed by atoms with Crippen LogP contribution in [0.3, 0.4) is 0 Å². The molecule has 1 N–H and O–H groups in total. The molecule has 2 aliphatic rings. The molecule has 2 saturated heterocycles. The molecule has 1 spiro atoms. The molecule has 0 atom stereocenters. The van der Waals surface area contributed by atoms with Crippen LogP contribution in [-0.4, -0.2) is 53.3 Å². The number of nitrogens with one attached hydrogen (secondary N) is 1. The number of hydrogen-bond acceptors (Lipinski definition) is 3. The van der Waals surface area contributed by atoms with Gasteiger partial charge in [-0.05, 0) is 19.3 Å². The summed E-state index contributed by atoms with van der Waals surface area (Å²) in [6, 6.07) is -0.337. The molecular formula is C13H21N3O3. The first kappa shape index (κ1) is 13.8. The lowest BCUT2D eigenvalue weighted by molar-refractivity contribution is -0.138. The summed E-state index contributed by atoms with van der Waals surface area (Å²) in [5, 5.41) is 2.77. The summed E-state index contributed by atoms with van der Waals surface area (Å²) < 4.78 is 0. The van der Waals surface area contributed by atoms with Crippen LogP contribution >= 0.6 is 0 Å². The average Bonchev–Trinajstić information content (AvgIpc) is 2.62. The predicted molar refractivity (Wildman–Crippen MR) is 69.4 cm³/mol. The SMILES string of the molecule is CCCCC(=O)N1CCC2(CC1)NC(=O)N(C)C2=O. The molecule has 4 amide bonds. The topological polar surface area (TPSA) is 69.7 Å². The standard InChI is InChI=1S/C13H21N3O3/c1-3-4-5-10(17)16-8-6-13(7-9-16)11(18)15(2)12(19)14-13/h3-9H2,1-2H3,(H,14,19). The van der Waals surface area contributed by atoms with E-state index in [0.717, 1.165) is 17.7 Å². The lowest BCUT2D eigenvalue weighted by Gasteiger charge is -2.37. The highest BCUT2D eigenvalue weighted by Gasteiger charge is 2.51. The summed E-state index contributed by atoms with van der Waals surface area (Å²) in [6.07, 6.45) is 3.50. The van der Waals surface area contributed by atoms with Crippen molar-refractivity contribution < 1.29 is 14.4 Å². The molecule has 0 aromatic carbocycles. The molecule has 0 saturated carbocycles. The Hall–Kier alpha value is -1.59. The number of nitrogens with zero attached hydrogens (tertiary/aromatic N) is 2. The molecule has 0 aliphatic carbocycles. The van der Waals surface area contributed by atoms with E-state index in [9.17, 15) is 14.4 Å². The van der Waals surface area contributed by atoms with Gasteiger partial charge in [0, 0.05) is 26.6 Å². The Kier molecular flexibility index (Phi) is 3.78. The predicted octanol–water partition coefficient (Wildman–Crippen LogP) is 0.719. The number of unbranched alkanes of at least 4 members (excludes halogenated alkanes) is 1. The van der Waals surface area contributed by atoms with E-state index in [4.69, 9.17) is 0 Å². The number of rotatable bonds is 3. The number of amides is 4. The van der Waals surface area contributed by atoms with Crippen LogP contribution in [0.15, 0.2) is 0 Å². The Morgan fingerprint density at radius 3 is 2.42 bits per heavy atom. The Balaban J connectivity index is 1.94. The number of likely N-dealkylation sites (N-methyl/N-ethyl adjacent to an activating group) is 1. The first-order valence-electron chi connectivity index (χ1n) is 6.88. The zero-order valence-electron chi connectivity index (χ0n) is 11.6. The van der Waals surface area contributed by atoms with Crippen LogP contribution in [0.25, 0.3) is 0 Å². The van der Waals surface area contributed by atoms with E-state index in [2.05, 4.69) is 12.2 Å². The lowest BCUT2D eigenvalue weighted by Crippen LogP contribution is -2.55. The molecule has 0 bridgehead atoms. The highest BCUT2D eigenvalue weighted by Crippen LogP contribution is 2.29. The quantitative estimate of drug-likeness (QED) is 0.766. The molecule has 2 aliphatic heterocycles. The van der Waals surface area contributed by atoms with Gasteiger partial charge in [0.2, 0.25) is 5.91 Å². The maximum atomic E-state index is 12.1. The Morgan fingerprint density at radius 1 is 1.32 bits per heavy atom. The maximum absolute atomic E-state index is 12.1. The molecule has 106 valence electrons. The van der Waals surface area contributed by atoms with Crippen LogP contribution < -0.4 is 5.32 Å². The smallest absolute Gasteiger partial charge is 0.324 e. The zero-order valence-corrected chi connectivity index (χ0v) is 11.6. The molecule has 0 unspecified atom stereocenters. The number of imide groups is 1. The van der Waals surface area contributed by atoms with Gasteiger partial charge in [-0.1, -0.05) is 13.3 Å². The second-order valence-corrected chi connectivity index (χ2v) is 5.36. The van der Waals surface area contributed by atoms with Crippen molar-refractivity contribution in [2.24, 2.45) is 0 Å². The largest absolute Gasteiger partial charge is 0.342 e. The van der Waals surface area contributed by atoms with Gasteiger partial charge in [0.05, 0.1) is 0 Å². The van der Waals surface area contributed by atoms with E-state index >= 15 is 0 Å². The summed E-state index contributed by atoms with van der Waals surface area (Å²) in [5.74, 6) is -0.0139. The first-order valence-corrected chi connectivity index (χ1v) is 6.88. The van der Waals surface area contributed by atoms with Gasteiger partial charge in [0.15, 0.2) is 0 Å². The summed E-state index contributed by atoms with van der Waals surface area (Å²) >= 11 is 0. The van der Waals surface area contributed by atoms with Crippen molar-refractivity contribution in [1.29, 1.82) is 0 Å². The number of likely N-dealkylation sites (tertiary alicyclic amines) is 1. The number of hydrogen-bond donors (Lipinski definition) is 1. The van der Waals surface area contributed by atoms with E-state index in [1.54, 1.807) is 4.90 Å². The van der Waals surface area contributed by atoms with Crippen LogP contribution in [0.5, 0.6) is 0 Å². The normalized spacial score (nSPS) is 22.0. The van der Waals surface area contributed by atoms with Crippen molar-refractivity contribution in [3.05, 3.63) is 0 Å². The van der Waals surface area contributed by atoms with E-state index in [1.165, 1.54) is 7.05 Å². The van der Waals surface area contributed by atoms with Crippen molar-refractivity contribution in [3.63, 3.8) is 0 Å². The summed E-state index contributed by atoms with van der Waals surface area (Å²) in [7, 11) is 1.49.